The molecule has 2 unspecified atom stereocenters. The number of likely N-dealkylation sites (tertiary alicyclic amines) is 1. The molecule has 1 saturated carbocycles. The summed E-state index contributed by atoms with van der Waals surface area (Å²) in [6.45, 7) is 10.3. The smallest absolute Gasteiger partial charge is 0.356 e. The van der Waals surface area contributed by atoms with Gasteiger partial charge in [-0.1, -0.05) is 32.6 Å². The third-order valence-corrected chi connectivity index (χ3v) is 5.97. The van der Waals surface area contributed by atoms with E-state index in [2.05, 4.69) is 48.6 Å². The quantitative estimate of drug-likeness (QED) is 0.821. The molecule has 1 saturated heterocycles. The Bertz CT molecular complexity index is 875. The van der Waals surface area contributed by atoms with Crippen LogP contribution in [-0.2, 0) is 0 Å². The second-order valence-corrected chi connectivity index (χ2v) is 8.23. The lowest BCUT2D eigenvalue weighted by molar-refractivity contribution is 0.0690. The van der Waals surface area contributed by atoms with Gasteiger partial charge in [-0.05, 0) is 54.4 Å². The van der Waals surface area contributed by atoms with Crippen molar-refractivity contribution in [3.63, 3.8) is 0 Å². The van der Waals surface area contributed by atoms with Crippen molar-refractivity contribution < 1.29 is 14.6 Å². The van der Waals surface area contributed by atoms with Crippen LogP contribution in [0.25, 0.3) is 5.82 Å². The lowest BCUT2D eigenvalue weighted by Crippen LogP contribution is -2.25. The molecule has 0 amide bonds. The van der Waals surface area contributed by atoms with Crippen LogP contribution in [0, 0.1) is 11.8 Å². The predicted molar refractivity (Wildman–Crippen MR) is 107 cm³/mol. The van der Waals surface area contributed by atoms with Crippen LogP contribution in [0.1, 0.15) is 48.7 Å². The number of benzene rings is 1. The molecule has 1 aromatic carbocycles. The van der Waals surface area contributed by atoms with Crippen LogP contribution in [-0.4, -0.2) is 44.9 Å². The van der Waals surface area contributed by atoms with E-state index in [1.807, 2.05) is 6.07 Å². The Morgan fingerprint density at radius 2 is 1.96 bits per heavy atom. The van der Waals surface area contributed by atoms with Gasteiger partial charge in [-0.15, -0.1) is 0 Å². The number of carboxylic acids is 1. The molecule has 0 spiro atoms. The standard InChI is InChI=1S/C22H27N3O3/c1-14(2)16-5-4-6-19(9-16)28-20-10-17-12-24(13-18(17)11-20)15(3)25-8-7-21(23-25)22(26)27/h4-9,14,17-18,20H,3,10-13H2,1-2H3,(H,26,27). The van der Waals surface area contributed by atoms with Gasteiger partial charge in [0.25, 0.3) is 0 Å². The highest BCUT2D eigenvalue weighted by Gasteiger charge is 2.42. The molecule has 0 radical (unpaired) electrons. The first-order chi connectivity index (χ1) is 13.4. The van der Waals surface area contributed by atoms with Crippen molar-refractivity contribution in [3.05, 3.63) is 54.4 Å². The molecule has 0 bridgehead atoms. The molecule has 2 heterocycles. The number of hydrogen-bond acceptors (Lipinski definition) is 4. The van der Waals surface area contributed by atoms with Gasteiger partial charge in [0.05, 0.1) is 6.10 Å². The summed E-state index contributed by atoms with van der Waals surface area (Å²) < 4.78 is 7.85. The molecule has 28 heavy (non-hydrogen) atoms. The topological polar surface area (TPSA) is 67.6 Å². The van der Waals surface area contributed by atoms with Crippen LogP contribution in [0.15, 0.2) is 43.1 Å². The molecule has 2 aromatic rings. The normalized spacial score (nSPS) is 23.8. The summed E-state index contributed by atoms with van der Waals surface area (Å²) in [5.41, 5.74) is 1.34. The van der Waals surface area contributed by atoms with Crippen LogP contribution in [0.4, 0.5) is 0 Å². The van der Waals surface area contributed by atoms with Crippen molar-refractivity contribution in [1.29, 1.82) is 0 Å². The Morgan fingerprint density at radius 1 is 1.25 bits per heavy atom. The number of carboxylic acid groups (broad SMARTS) is 1. The van der Waals surface area contributed by atoms with E-state index in [0.717, 1.165) is 37.5 Å². The van der Waals surface area contributed by atoms with Gasteiger partial charge in [0, 0.05) is 19.3 Å². The van der Waals surface area contributed by atoms with Crippen molar-refractivity contribution in [2.45, 2.75) is 38.7 Å². The van der Waals surface area contributed by atoms with E-state index in [-0.39, 0.29) is 11.8 Å². The van der Waals surface area contributed by atoms with Crippen LogP contribution >= 0.6 is 0 Å². The Morgan fingerprint density at radius 3 is 2.57 bits per heavy atom. The third kappa shape index (κ3) is 3.63. The monoisotopic (exact) mass is 381 g/mol. The summed E-state index contributed by atoms with van der Waals surface area (Å²) in [4.78, 5) is 13.2. The number of rotatable bonds is 6. The van der Waals surface area contributed by atoms with Gasteiger partial charge in [-0.25, -0.2) is 9.48 Å². The van der Waals surface area contributed by atoms with Crippen LogP contribution in [0.3, 0.4) is 0 Å². The van der Waals surface area contributed by atoms with Gasteiger partial charge < -0.3 is 14.7 Å². The largest absolute Gasteiger partial charge is 0.490 e. The summed E-state index contributed by atoms with van der Waals surface area (Å²) in [5, 5.41) is 13.1. The number of nitrogens with zero attached hydrogens (tertiary/aromatic N) is 3. The van der Waals surface area contributed by atoms with Gasteiger partial charge in [-0.2, -0.15) is 5.10 Å². The van der Waals surface area contributed by atoms with Crippen molar-refractivity contribution in [2.75, 3.05) is 13.1 Å². The molecule has 1 aromatic heterocycles. The summed E-state index contributed by atoms with van der Waals surface area (Å²) in [5.74, 6) is 2.33. The number of carbonyl (C=O) groups is 1. The Balaban J connectivity index is 1.35. The number of aromatic carboxylic acids is 1. The Kier molecular flexibility index (Phi) is 4.87. The van der Waals surface area contributed by atoms with Crippen LogP contribution in [0.2, 0.25) is 0 Å². The molecule has 2 atom stereocenters. The van der Waals surface area contributed by atoms with Crippen molar-refractivity contribution in [2.24, 2.45) is 11.8 Å². The third-order valence-electron chi connectivity index (χ3n) is 5.97. The van der Waals surface area contributed by atoms with E-state index in [4.69, 9.17) is 9.84 Å². The highest BCUT2D eigenvalue weighted by molar-refractivity contribution is 5.85. The van der Waals surface area contributed by atoms with Gasteiger partial charge in [0.1, 0.15) is 11.6 Å². The highest BCUT2D eigenvalue weighted by atomic mass is 16.5. The Labute approximate surface area is 165 Å². The summed E-state index contributed by atoms with van der Waals surface area (Å²) >= 11 is 0. The molecule has 6 nitrogen and oxygen atoms in total. The number of hydrogen-bond donors (Lipinski definition) is 1. The maximum atomic E-state index is 11.0. The zero-order chi connectivity index (χ0) is 19.8. The molecule has 2 aliphatic rings. The fourth-order valence-corrected chi connectivity index (χ4v) is 4.42. The summed E-state index contributed by atoms with van der Waals surface area (Å²) in [7, 11) is 0. The summed E-state index contributed by atoms with van der Waals surface area (Å²) in [6.07, 6.45) is 4.00. The van der Waals surface area contributed by atoms with E-state index in [9.17, 15) is 4.79 Å². The number of aromatic nitrogens is 2. The van der Waals surface area contributed by atoms with Crippen molar-refractivity contribution in [1.82, 2.24) is 14.7 Å². The first-order valence-electron chi connectivity index (χ1n) is 9.90. The summed E-state index contributed by atoms with van der Waals surface area (Å²) in [6, 6.07) is 9.92. The van der Waals surface area contributed by atoms with E-state index in [1.54, 1.807) is 10.9 Å². The average molecular weight is 381 g/mol. The molecule has 2 fully saturated rings. The molecule has 4 rings (SSSR count). The van der Waals surface area contributed by atoms with Gasteiger partial charge in [-0.3, -0.25) is 0 Å². The van der Waals surface area contributed by atoms with E-state index < -0.39 is 5.97 Å². The maximum absolute atomic E-state index is 11.0. The minimum absolute atomic E-state index is 0.0395. The zero-order valence-corrected chi connectivity index (χ0v) is 16.4. The zero-order valence-electron chi connectivity index (χ0n) is 16.4. The maximum Gasteiger partial charge on any atom is 0.356 e. The van der Waals surface area contributed by atoms with E-state index in [1.165, 1.54) is 11.6 Å². The van der Waals surface area contributed by atoms with Gasteiger partial charge in [0.2, 0.25) is 0 Å². The number of fused-ring (bicyclic) bond motifs is 1. The Hall–Kier alpha value is -2.76. The molecular weight excluding hydrogens is 354 g/mol. The first kappa shape index (κ1) is 18.6. The molecule has 1 N–H and O–H groups in total. The van der Waals surface area contributed by atoms with E-state index >= 15 is 0 Å². The molecule has 1 aliphatic carbocycles. The molecular formula is C22H27N3O3. The fourth-order valence-electron chi connectivity index (χ4n) is 4.42. The number of ether oxygens (including phenoxy) is 1. The molecule has 1 aliphatic heterocycles. The van der Waals surface area contributed by atoms with Crippen LogP contribution in [0.5, 0.6) is 5.75 Å². The SMILES string of the molecule is C=C(N1CC2CC(Oc3cccc(C(C)C)c3)CC2C1)n1ccc(C(=O)O)n1. The minimum atomic E-state index is -1.02. The lowest BCUT2D eigenvalue weighted by Gasteiger charge is -2.23. The van der Waals surface area contributed by atoms with Crippen molar-refractivity contribution in [3.8, 4) is 5.75 Å². The van der Waals surface area contributed by atoms with Crippen LogP contribution < -0.4 is 4.74 Å². The lowest BCUT2D eigenvalue weighted by atomic mass is 10.0. The van der Waals surface area contributed by atoms with Gasteiger partial charge >= 0.3 is 5.97 Å². The average Bonchev–Trinajstić information content (AvgIpc) is 3.36. The van der Waals surface area contributed by atoms with E-state index in [0.29, 0.717) is 17.8 Å². The molecule has 6 heteroatoms. The second-order valence-electron chi connectivity index (χ2n) is 8.23. The fraction of sp³-hybridized carbons (Fsp3) is 0.455. The van der Waals surface area contributed by atoms with Crippen molar-refractivity contribution >= 4 is 11.8 Å². The minimum Gasteiger partial charge on any atom is -0.490 e. The highest BCUT2D eigenvalue weighted by Crippen LogP contribution is 2.41. The second kappa shape index (κ2) is 7.34. The predicted octanol–water partition coefficient (Wildman–Crippen LogP) is 3.92. The molecule has 148 valence electrons. The first-order valence-corrected chi connectivity index (χ1v) is 9.90. The van der Waals surface area contributed by atoms with Gasteiger partial charge in [0.15, 0.2) is 5.69 Å².